The number of carbonyl (C=O) groups is 2. The smallest absolute Gasteiger partial charge is 0.411 e. The van der Waals surface area contributed by atoms with Crippen LogP contribution in [-0.4, -0.2) is 67.4 Å². The Labute approximate surface area is 194 Å². The molecule has 9 heteroatoms. The number of carbonyl (C=O) groups excluding carboxylic acids is 2. The molecule has 3 aliphatic rings. The van der Waals surface area contributed by atoms with Gasteiger partial charge in [-0.15, -0.1) is 0 Å². The molecular weight excluding hydrogens is 432 g/mol. The fourth-order valence-corrected chi connectivity index (χ4v) is 5.30. The molecule has 4 rings (SSSR count). The first-order valence-corrected chi connectivity index (χ1v) is 12.0. The molecule has 0 aliphatic carbocycles. The van der Waals surface area contributed by atoms with Crippen LogP contribution in [0.3, 0.4) is 0 Å². The topological polar surface area (TPSA) is 84.0 Å². The lowest BCUT2D eigenvalue weighted by Crippen LogP contribution is -2.50. The van der Waals surface area contributed by atoms with Gasteiger partial charge in [0.15, 0.2) is 0 Å². The Morgan fingerprint density at radius 1 is 1.34 bits per heavy atom. The number of hydrogen-bond donors (Lipinski definition) is 1. The van der Waals surface area contributed by atoms with Crippen LogP contribution >= 0.6 is 11.6 Å². The lowest BCUT2D eigenvalue weighted by Gasteiger charge is -2.41. The van der Waals surface area contributed by atoms with Gasteiger partial charge >= 0.3 is 6.09 Å². The van der Waals surface area contributed by atoms with E-state index in [1.54, 1.807) is 12.3 Å². The molecule has 1 spiro atoms. The Balaban J connectivity index is 1.42. The standard InChI is InChI=1S/C23H33ClN4O4/c1-16(2)14-32-22(30)26-17-12-19(24)20(25-13-17)27-8-3-6-23(15-27)7-9-28(21(23)29)18-4-10-31-11-5-18/h12-13,16,18H,3-11,14-15H2,1-2H3,(H,26,30)/t23-/m1/s1. The number of halogens is 1. The van der Waals surface area contributed by atoms with Gasteiger partial charge in [-0.25, -0.2) is 9.78 Å². The second-order valence-electron chi connectivity index (χ2n) is 9.54. The first-order chi connectivity index (χ1) is 15.4. The number of amides is 2. The molecule has 0 aromatic carbocycles. The molecule has 1 N–H and O–H groups in total. The van der Waals surface area contributed by atoms with Crippen molar-refractivity contribution in [3.8, 4) is 0 Å². The fraction of sp³-hybridized carbons (Fsp3) is 0.696. The van der Waals surface area contributed by atoms with Crippen molar-refractivity contribution in [1.82, 2.24) is 9.88 Å². The number of ether oxygens (including phenoxy) is 2. The van der Waals surface area contributed by atoms with Crippen molar-refractivity contribution in [2.24, 2.45) is 11.3 Å². The van der Waals surface area contributed by atoms with Crippen LogP contribution in [0.25, 0.3) is 0 Å². The molecule has 176 valence electrons. The molecule has 3 fully saturated rings. The predicted octanol–water partition coefficient (Wildman–Crippen LogP) is 3.94. The molecule has 0 radical (unpaired) electrons. The number of nitrogens with one attached hydrogen (secondary N) is 1. The van der Waals surface area contributed by atoms with Gasteiger partial charge in [-0.2, -0.15) is 0 Å². The van der Waals surface area contributed by atoms with Crippen LogP contribution in [0.4, 0.5) is 16.3 Å². The van der Waals surface area contributed by atoms with Gasteiger partial charge in [-0.1, -0.05) is 25.4 Å². The van der Waals surface area contributed by atoms with Crippen LogP contribution in [0.15, 0.2) is 12.3 Å². The van der Waals surface area contributed by atoms with Crippen molar-refractivity contribution >= 4 is 35.1 Å². The number of rotatable bonds is 5. The molecule has 1 aromatic heterocycles. The maximum atomic E-state index is 13.5. The lowest BCUT2D eigenvalue weighted by molar-refractivity contribution is -0.139. The third kappa shape index (κ3) is 4.96. The SMILES string of the molecule is CC(C)COC(=O)Nc1cnc(N2CCC[C@@]3(CCN(C4CCOCC4)C3=O)C2)c(Cl)c1. The minimum atomic E-state index is -0.522. The Morgan fingerprint density at radius 2 is 2.12 bits per heavy atom. The molecule has 1 atom stereocenters. The molecule has 3 aliphatic heterocycles. The van der Waals surface area contributed by atoms with Crippen LogP contribution in [0, 0.1) is 11.3 Å². The van der Waals surface area contributed by atoms with E-state index in [-0.39, 0.29) is 17.2 Å². The second-order valence-corrected chi connectivity index (χ2v) is 9.95. The molecule has 32 heavy (non-hydrogen) atoms. The highest BCUT2D eigenvalue weighted by Crippen LogP contribution is 2.43. The minimum absolute atomic E-state index is 0.261. The number of hydrogen-bond acceptors (Lipinski definition) is 6. The second kappa shape index (κ2) is 9.83. The minimum Gasteiger partial charge on any atom is -0.449 e. The fourth-order valence-electron chi connectivity index (χ4n) is 5.01. The number of pyridine rings is 1. The Bertz CT molecular complexity index is 845. The van der Waals surface area contributed by atoms with E-state index in [4.69, 9.17) is 21.1 Å². The molecule has 1 aromatic rings. The first kappa shape index (κ1) is 23.1. The third-order valence-corrected chi connectivity index (χ3v) is 6.95. The summed E-state index contributed by atoms with van der Waals surface area (Å²) >= 11 is 6.55. The lowest BCUT2D eigenvalue weighted by atomic mass is 9.78. The number of nitrogens with zero attached hydrogens (tertiary/aromatic N) is 3. The van der Waals surface area contributed by atoms with Crippen molar-refractivity contribution in [3.05, 3.63) is 17.3 Å². The van der Waals surface area contributed by atoms with Crippen LogP contribution in [0.5, 0.6) is 0 Å². The molecule has 0 unspecified atom stereocenters. The molecule has 2 amide bonds. The first-order valence-electron chi connectivity index (χ1n) is 11.6. The van der Waals surface area contributed by atoms with Crippen LogP contribution in [0.2, 0.25) is 5.02 Å². The van der Waals surface area contributed by atoms with Crippen molar-refractivity contribution in [2.75, 3.05) is 49.7 Å². The summed E-state index contributed by atoms with van der Waals surface area (Å²) in [4.78, 5) is 34.1. The van der Waals surface area contributed by atoms with Crippen LogP contribution < -0.4 is 10.2 Å². The van der Waals surface area contributed by atoms with E-state index >= 15 is 0 Å². The van der Waals surface area contributed by atoms with Crippen LogP contribution in [-0.2, 0) is 14.3 Å². The van der Waals surface area contributed by atoms with Crippen molar-refractivity contribution in [2.45, 2.75) is 52.0 Å². The van der Waals surface area contributed by atoms with Gasteiger partial charge < -0.3 is 19.3 Å². The summed E-state index contributed by atoms with van der Waals surface area (Å²) in [6.07, 6.45) is 5.61. The molecule has 8 nitrogen and oxygen atoms in total. The number of aromatic nitrogens is 1. The summed E-state index contributed by atoms with van der Waals surface area (Å²) in [7, 11) is 0. The number of anilines is 2. The van der Waals surface area contributed by atoms with E-state index < -0.39 is 6.09 Å². The summed E-state index contributed by atoms with van der Waals surface area (Å²) in [6.45, 7) is 8.02. The van der Waals surface area contributed by atoms with Crippen molar-refractivity contribution in [3.63, 3.8) is 0 Å². The molecule has 3 saturated heterocycles. The molecule has 0 saturated carbocycles. The van der Waals surface area contributed by atoms with Gasteiger partial charge in [-0.3, -0.25) is 10.1 Å². The average molecular weight is 465 g/mol. The van der Waals surface area contributed by atoms with Gasteiger partial charge in [0.2, 0.25) is 5.91 Å². The zero-order valence-electron chi connectivity index (χ0n) is 18.9. The van der Waals surface area contributed by atoms with Crippen molar-refractivity contribution in [1.29, 1.82) is 0 Å². The van der Waals surface area contributed by atoms with Crippen LogP contribution in [0.1, 0.15) is 46.0 Å². The van der Waals surface area contributed by atoms with Gasteiger partial charge in [0.25, 0.3) is 0 Å². The maximum absolute atomic E-state index is 13.5. The van der Waals surface area contributed by atoms with E-state index in [0.29, 0.717) is 35.7 Å². The van der Waals surface area contributed by atoms with Gasteiger partial charge in [-0.05, 0) is 44.1 Å². The summed E-state index contributed by atoms with van der Waals surface area (Å²) in [5.74, 6) is 1.19. The zero-order chi connectivity index (χ0) is 22.7. The molecular formula is C23H33ClN4O4. The summed E-state index contributed by atoms with van der Waals surface area (Å²) in [6, 6.07) is 1.99. The normalized spacial score (nSPS) is 24.4. The highest BCUT2D eigenvalue weighted by molar-refractivity contribution is 6.33. The zero-order valence-corrected chi connectivity index (χ0v) is 19.7. The van der Waals surface area contributed by atoms with Gasteiger partial charge in [0.05, 0.1) is 28.9 Å². The summed E-state index contributed by atoms with van der Waals surface area (Å²) in [5, 5.41) is 3.12. The Kier molecular flexibility index (Phi) is 7.10. The van der Waals surface area contributed by atoms with E-state index in [9.17, 15) is 9.59 Å². The predicted molar refractivity (Wildman–Crippen MR) is 123 cm³/mol. The highest BCUT2D eigenvalue weighted by atomic mass is 35.5. The maximum Gasteiger partial charge on any atom is 0.411 e. The Hall–Kier alpha value is -2.06. The van der Waals surface area contributed by atoms with Gasteiger partial charge in [0.1, 0.15) is 5.82 Å². The average Bonchev–Trinajstić information content (AvgIpc) is 3.08. The summed E-state index contributed by atoms with van der Waals surface area (Å²) < 4.78 is 10.6. The van der Waals surface area contributed by atoms with E-state index in [2.05, 4.69) is 20.1 Å². The summed E-state index contributed by atoms with van der Waals surface area (Å²) in [5.41, 5.74) is 0.126. The largest absolute Gasteiger partial charge is 0.449 e. The third-order valence-electron chi connectivity index (χ3n) is 6.67. The number of piperidine rings is 1. The number of likely N-dealkylation sites (tertiary alicyclic amines) is 1. The molecule has 4 heterocycles. The Morgan fingerprint density at radius 3 is 2.84 bits per heavy atom. The van der Waals surface area contributed by atoms with E-state index in [0.717, 1.165) is 58.4 Å². The van der Waals surface area contributed by atoms with E-state index in [1.165, 1.54) is 0 Å². The molecule has 0 bridgehead atoms. The monoisotopic (exact) mass is 464 g/mol. The van der Waals surface area contributed by atoms with Crippen molar-refractivity contribution < 1.29 is 19.1 Å². The van der Waals surface area contributed by atoms with Gasteiger partial charge in [0, 0.05) is 38.9 Å². The van der Waals surface area contributed by atoms with E-state index in [1.807, 2.05) is 13.8 Å². The highest BCUT2D eigenvalue weighted by Gasteiger charge is 2.50. The quantitative estimate of drug-likeness (QED) is 0.710.